The lowest BCUT2D eigenvalue weighted by Crippen LogP contribution is -2.08. The summed E-state index contributed by atoms with van der Waals surface area (Å²) in [4.78, 5) is 22.2. The molecule has 0 aliphatic rings. The van der Waals surface area contributed by atoms with Gasteiger partial charge in [0.05, 0.1) is 13.2 Å². The zero-order chi connectivity index (χ0) is 11.7. The number of carbonyl (C=O) groups is 2. The molecule has 0 bridgehead atoms. The lowest BCUT2D eigenvalue weighted by Gasteiger charge is -2.02. The van der Waals surface area contributed by atoms with Crippen LogP contribution >= 0.6 is 15.9 Å². The van der Waals surface area contributed by atoms with Gasteiger partial charge in [-0.3, -0.25) is 0 Å². The van der Waals surface area contributed by atoms with Crippen molar-refractivity contribution < 1.29 is 19.1 Å². The summed E-state index contributed by atoms with van der Waals surface area (Å²) < 4.78 is 9.64. The highest BCUT2D eigenvalue weighted by Gasteiger charge is 2.09. The molecule has 0 saturated carbocycles. The minimum atomic E-state index is -0.551. The first-order chi connectivity index (χ1) is 7.11. The standard InChI is InChI=1S/C10H15BrO4/c1-3-5-14-9(12)7-8(11)10(13)15-6-4-2/h7H,3-6H2,1-2H3/b8-7+. The highest BCUT2D eigenvalue weighted by molar-refractivity contribution is 9.12. The summed E-state index contributed by atoms with van der Waals surface area (Å²) in [5.41, 5.74) is 0. The van der Waals surface area contributed by atoms with Crippen LogP contribution in [0.15, 0.2) is 10.6 Å². The van der Waals surface area contributed by atoms with Gasteiger partial charge in [-0.2, -0.15) is 0 Å². The summed E-state index contributed by atoms with van der Waals surface area (Å²) in [6.07, 6.45) is 2.57. The van der Waals surface area contributed by atoms with E-state index in [1.54, 1.807) is 0 Å². The molecule has 0 aromatic rings. The fourth-order valence-corrected chi connectivity index (χ4v) is 0.972. The molecule has 15 heavy (non-hydrogen) atoms. The Morgan fingerprint density at radius 2 is 1.67 bits per heavy atom. The van der Waals surface area contributed by atoms with E-state index in [0.717, 1.165) is 18.9 Å². The van der Waals surface area contributed by atoms with Crippen LogP contribution in [-0.2, 0) is 19.1 Å². The van der Waals surface area contributed by atoms with E-state index >= 15 is 0 Å². The van der Waals surface area contributed by atoms with Crippen molar-refractivity contribution in [2.45, 2.75) is 26.7 Å². The Balaban J connectivity index is 4.05. The second-order valence-electron chi connectivity index (χ2n) is 2.80. The second-order valence-corrected chi connectivity index (χ2v) is 3.65. The van der Waals surface area contributed by atoms with Crippen LogP contribution in [0.5, 0.6) is 0 Å². The van der Waals surface area contributed by atoms with Gasteiger partial charge in [-0.15, -0.1) is 0 Å². The number of hydrogen-bond donors (Lipinski definition) is 0. The summed E-state index contributed by atoms with van der Waals surface area (Å²) in [6, 6.07) is 0. The predicted octanol–water partition coefficient (Wildman–Crippen LogP) is 2.17. The van der Waals surface area contributed by atoms with Gasteiger partial charge in [0.1, 0.15) is 4.48 Å². The van der Waals surface area contributed by atoms with Crippen LogP contribution in [0.25, 0.3) is 0 Å². The van der Waals surface area contributed by atoms with Gasteiger partial charge in [-0.1, -0.05) is 13.8 Å². The quantitative estimate of drug-likeness (QED) is 0.552. The van der Waals surface area contributed by atoms with Crippen molar-refractivity contribution >= 4 is 27.9 Å². The van der Waals surface area contributed by atoms with Gasteiger partial charge < -0.3 is 9.47 Å². The molecule has 0 atom stereocenters. The molecule has 0 radical (unpaired) electrons. The number of ether oxygens (including phenoxy) is 2. The summed E-state index contributed by atoms with van der Waals surface area (Å²) in [5, 5.41) is 0. The van der Waals surface area contributed by atoms with E-state index in [0.29, 0.717) is 13.2 Å². The molecule has 0 saturated heterocycles. The SMILES string of the molecule is CCCOC(=O)/C=C(/Br)C(=O)OCCC. The Bertz CT molecular complexity index is 248. The van der Waals surface area contributed by atoms with Gasteiger partial charge >= 0.3 is 11.9 Å². The number of esters is 2. The largest absolute Gasteiger partial charge is 0.463 e. The maximum absolute atomic E-state index is 11.2. The van der Waals surface area contributed by atoms with Crippen LogP contribution in [0.4, 0.5) is 0 Å². The van der Waals surface area contributed by atoms with Gasteiger partial charge in [0.2, 0.25) is 0 Å². The summed E-state index contributed by atoms with van der Waals surface area (Å²) in [6.45, 7) is 4.47. The number of rotatable bonds is 6. The summed E-state index contributed by atoms with van der Waals surface area (Å²) in [5.74, 6) is -1.09. The molecule has 0 spiro atoms. The van der Waals surface area contributed by atoms with Gasteiger partial charge in [-0.25, -0.2) is 9.59 Å². The Hall–Kier alpha value is -0.840. The summed E-state index contributed by atoms with van der Waals surface area (Å²) >= 11 is 2.95. The van der Waals surface area contributed by atoms with Crippen molar-refractivity contribution in [2.75, 3.05) is 13.2 Å². The van der Waals surface area contributed by atoms with Gasteiger partial charge in [-0.05, 0) is 28.8 Å². The predicted molar refractivity (Wildman–Crippen MR) is 59.5 cm³/mol. The third kappa shape index (κ3) is 7.13. The highest BCUT2D eigenvalue weighted by atomic mass is 79.9. The van der Waals surface area contributed by atoms with Crippen molar-refractivity contribution in [1.82, 2.24) is 0 Å². The minimum absolute atomic E-state index is 0.0806. The maximum Gasteiger partial charge on any atom is 0.345 e. The molecule has 5 heteroatoms. The Morgan fingerprint density at radius 1 is 1.13 bits per heavy atom. The van der Waals surface area contributed by atoms with E-state index in [-0.39, 0.29) is 4.48 Å². The molecule has 0 fully saturated rings. The molecule has 0 amide bonds. The third-order valence-corrected chi connectivity index (χ3v) is 1.88. The fraction of sp³-hybridized carbons (Fsp3) is 0.600. The smallest absolute Gasteiger partial charge is 0.345 e. The molecule has 4 nitrogen and oxygen atoms in total. The Kier molecular flexibility index (Phi) is 7.99. The van der Waals surface area contributed by atoms with Gasteiger partial charge in [0.15, 0.2) is 0 Å². The van der Waals surface area contributed by atoms with E-state index in [9.17, 15) is 9.59 Å². The fourth-order valence-electron chi connectivity index (χ4n) is 0.670. The van der Waals surface area contributed by atoms with Crippen LogP contribution in [0.1, 0.15) is 26.7 Å². The lowest BCUT2D eigenvalue weighted by molar-refractivity contribution is -0.140. The topological polar surface area (TPSA) is 52.6 Å². The minimum Gasteiger partial charge on any atom is -0.463 e. The average Bonchev–Trinajstić information content (AvgIpc) is 2.22. The van der Waals surface area contributed by atoms with Crippen molar-refractivity contribution in [2.24, 2.45) is 0 Å². The Morgan fingerprint density at radius 3 is 2.20 bits per heavy atom. The van der Waals surface area contributed by atoms with E-state index in [1.807, 2.05) is 13.8 Å². The highest BCUT2D eigenvalue weighted by Crippen LogP contribution is 2.08. The normalized spacial score (nSPS) is 11.0. The molecule has 0 unspecified atom stereocenters. The van der Waals surface area contributed by atoms with Crippen molar-refractivity contribution in [3.05, 3.63) is 10.6 Å². The molecular weight excluding hydrogens is 264 g/mol. The molecule has 0 aromatic carbocycles. The molecule has 0 N–H and O–H groups in total. The molecule has 0 rings (SSSR count). The second kappa shape index (κ2) is 8.47. The molecule has 0 heterocycles. The summed E-state index contributed by atoms with van der Waals surface area (Å²) in [7, 11) is 0. The van der Waals surface area contributed by atoms with Crippen LogP contribution in [-0.4, -0.2) is 25.2 Å². The number of hydrogen-bond acceptors (Lipinski definition) is 4. The van der Waals surface area contributed by atoms with Crippen LogP contribution in [0, 0.1) is 0 Å². The molecule has 0 aliphatic heterocycles. The zero-order valence-electron chi connectivity index (χ0n) is 8.92. The van der Waals surface area contributed by atoms with Gasteiger partial charge in [0, 0.05) is 6.08 Å². The number of halogens is 1. The van der Waals surface area contributed by atoms with E-state index < -0.39 is 11.9 Å². The van der Waals surface area contributed by atoms with Crippen LogP contribution in [0.2, 0.25) is 0 Å². The average molecular weight is 279 g/mol. The molecule has 86 valence electrons. The third-order valence-electron chi connectivity index (χ3n) is 1.33. The van der Waals surface area contributed by atoms with E-state index in [1.165, 1.54) is 0 Å². The number of carbonyl (C=O) groups excluding carboxylic acids is 2. The monoisotopic (exact) mass is 278 g/mol. The first-order valence-electron chi connectivity index (χ1n) is 4.82. The van der Waals surface area contributed by atoms with E-state index in [4.69, 9.17) is 9.47 Å². The first-order valence-corrected chi connectivity index (χ1v) is 5.62. The first kappa shape index (κ1) is 14.2. The lowest BCUT2D eigenvalue weighted by atomic mass is 10.5. The van der Waals surface area contributed by atoms with Crippen LogP contribution < -0.4 is 0 Å². The molecule has 0 aliphatic carbocycles. The van der Waals surface area contributed by atoms with Crippen molar-refractivity contribution in [1.29, 1.82) is 0 Å². The Labute approximate surface area is 97.8 Å². The van der Waals surface area contributed by atoms with E-state index in [2.05, 4.69) is 15.9 Å². The van der Waals surface area contributed by atoms with Crippen molar-refractivity contribution in [3.8, 4) is 0 Å². The maximum atomic E-state index is 11.2. The molecule has 0 aromatic heterocycles. The van der Waals surface area contributed by atoms with Crippen LogP contribution in [0.3, 0.4) is 0 Å². The molecular formula is C10H15BrO4. The van der Waals surface area contributed by atoms with Gasteiger partial charge in [0.25, 0.3) is 0 Å². The van der Waals surface area contributed by atoms with Crippen molar-refractivity contribution in [3.63, 3.8) is 0 Å². The zero-order valence-corrected chi connectivity index (χ0v) is 10.5.